The SMILES string of the molecule is CCCN1CCCCS1(=O)=O. The van der Waals surface area contributed by atoms with Gasteiger partial charge in [0.25, 0.3) is 0 Å². The molecular formula is C7H15NO2S. The smallest absolute Gasteiger partial charge is 0.212 e. The zero-order valence-corrected chi connectivity index (χ0v) is 7.73. The third-order valence-corrected chi connectivity index (χ3v) is 3.88. The van der Waals surface area contributed by atoms with Crippen LogP contribution < -0.4 is 0 Å². The van der Waals surface area contributed by atoms with E-state index in [0.717, 1.165) is 25.8 Å². The van der Waals surface area contributed by atoms with E-state index in [1.54, 1.807) is 4.31 Å². The Morgan fingerprint density at radius 2 is 2.09 bits per heavy atom. The predicted octanol–water partition coefficient (Wildman–Crippen LogP) is 0.822. The van der Waals surface area contributed by atoms with Crippen LogP contribution in [0.3, 0.4) is 0 Å². The molecule has 11 heavy (non-hydrogen) atoms. The molecule has 0 unspecified atom stereocenters. The minimum absolute atomic E-state index is 0.354. The van der Waals surface area contributed by atoms with Gasteiger partial charge in [-0.05, 0) is 19.3 Å². The van der Waals surface area contributed by atoms with Crippen LogP contribution in [0.1, 0.15) is 26.2 Å². The molecule has 1 aliphatic rings. The first-order chi connectivity index (χ1) is 5.17. The summed E-state index contributed by atoms with van der Waals surface area (Å²) in [6.07, 6.45) is 2.78. The standard InChI is InChI=1S/C7H15NO2S/c1-2-5-8-6-3-4-7-11(8,9)10/h2-7H2,1H3. The molecule has 0 radical (unpaired) electrons. The summed E-state index contributed by atoms with van der Waals surface area (Å²) in [6, 6.07) is 0. The molecule has 1 rings (SSSR count). The summed E-state index contributed by atoms with van der Waals surface area (Å²) >= 11 is 0. The van der Waals surface area contributed by atoms with Crippen molar-refractivity contribution >= 4 is 10.0 Å². The van der Waals surface area contributed by atoms with Gasteiger partial charge in [-0.15, -0.1) is 0 Å². The van der Waals surface area contributed by atoms with Gasteiger partial charge in [-0.2, -0.15) is 0 Å². The summed E-state index contributed by atoms with van der Waals surface area (Å²) in [4.78, 5) is 0. The zero-order valence-electron chi connectivity index (χ0n) is 6.91. The monoisotopic (exact) mass is 177 g/mol. The highest BCUT2D eigenvalue weighted by molar-refractivity contribution is 7.89. The summed E-state index contributed by atoms with van der Waals surface area (Å²) in [5.41, 5.74) is 0. The third-order valence-electron chi connectivity index (χ3n) is 1.93. The van der Waals surface area contributed by atoms with Crippen LogP contribution in [0.2, 0.25) is 0 Å². The minimum Gasteiger partial charge on any atom is -0.212 e. The normalized spacial score (nSPS) is 25.2. The maximum atomic E-state index is 11.3. The van der Waals surface area contributed by atoms with E-state index in [1.807, 2.05) is 6.92 Å². The highest BCUT2D eigenvalue weighted by atomic mass is 32.2. The predicted molar refractivity (Wildman–Crippen MR) is 44.9 cm³/mol. The summed E-state index contributed by atoms with van der Waals surface area (Å²) < 4.78 is 24.2. The highest BCUT2D eigenvalue weighted by Gasteiger charge is 2.24. The van der Waals surface area contributed by atoms with Gasteiger partial charge in [0.1, 0.15) is 0 Å². The van der Waals surface area contributed by atoms with Crippen molar-refractivity contribution in [2.45, 2.75) is 26.2 Å². The Kier molecular flexibility index (Phi) is 2.90. The van der Waals surface area contributed by atoms with Gasteiger partial charge in [-0.3, -0.25) is 0 Å². The van der Waals surface area contributed by atoms with E-state index in [2.05, 4.69) is 0 Å². The Morgan fingerprint density at radius 3 is 2.64 bits per heavy atom. The molecule has 1 fully saturated rings. The lowest BCUT2D eigenvalue weighted by atomic mass is 10.3. The number of hydrogen-bond donors (Lipinski definition) is 0. The molecule has 1 heterocycles. The summed E-state index contributed by atoms with van der Waals surface area (Å²) in [7, 11) is -2.85. The van der Waals surface area contributed by atoms with Gasteiger partial charge in [0.2, 0.25) is 10.0 Å². The molecule has 3 nitrogen and oxygen atoms in total. The molecule has 0 aromatic carbocycles. The fourth-order valence-electron chi connectivity index (χ4n) is 1.34. The topological polar surface area (TPSA) is 37.4 Å². The Bertz CT molecular complexity index is 208. The first-order valence-corrected chi connectivity index (χ1v) is 5.75. The molecule has 0 N–H and O–H groups in total. The largest absolute Gasteiger partial charge is 0.214 e. The first-order valence-electron chi connectivity index (χ1n) is 4.14. The van der Waals surface area contributed by atoms with Crippen molar-refractivity contribution in [2.75, 3.05) is 18.8 Å². The van der Waals surface area contributed by atoms with Crippen LogP contribution in [0.15, 0.2) is 0 Å². The van der Waals surface area contributed by atoms with Crippen LogP contribution >= 0.6 is 0 Å². The van der Waals surface area contributed by atoms with E-state index >= 15 is 0 Å². The molecule has 0 aliphatic carbocycles. The summed E-state index contributed by atoms with van der Waals surface area (Å²) in [6.45, 7) is 3.43. The maximum Gasteiger partial charge on any atom is 0.214 e. The lowest BCUT2D eigenvalue weighted by Gasteiger charge is -2.25. The Balaban J connectivity index is 2.60. The molecule has 4 heteroatoms. The van der Waals surface area contributed by atoms with Crippen LogP contribution in [-0.4, -0.2) is 31.6 Å². The van der Waals surface area contributed by atoms with Gasteiger partial charge in [0.05, 0.1) is 5.75 Å². The van der Waals surface area contributed by atoms with Gasteiger partial charge in [-0.25, -0.2) is 12.7 Å². The molecular weight excluding hydrogens is 162 g/mol. The molecule has 0 saturated carbocycles. The average molecular weight is 177 g/mol. The van der Waals surface area contributed by atoms with E-state index in [-0.39, 0.29) is 0 Å². The van der Waals surface area contributed by atoms with Crippen molar-refractivity contribution < 1.29 is 8.42 Å². The van der Waals surface area contributed by atoms with Crippen LogP contribution in [0, 0.1) is 0 Å². The van der Waals surface area contributed by atoms with Gasteiger partial charge in [0, 0.05) is 13.1 Å². The van der Waals surface area contributed by atoms with Crippen molar-refractivity contribution in [1.29, 1.82) is 0 Å². The fraction of sp³-hybridized carbons (Fsp3) is 1.00. The first kappa shape index (κ1) is 9.00. The fourth-order valence-corrected chi connectivity index (χ4v) is 3.04. The lowest BCUT2D eigenvalue weighted by molar-refractivity contribution is 0.383. The molecule has 1 saturated heterocycles. The molecule has 0 aromatic rings. The number of nitrogens with zero attached hydrogens (tertiary/aromatic N) is 1. The minimum atomic E-state index is -2.85. The van der Waals surface area contributed by atoms with E-state index in [0.29, 0.717) is 12.3 Å². The van der Waals surface area contributed by atoms with Crippen molar-refractivity contribution in [3.05, 3.63) is 0 Å². The second-order valence-electron chi connectivity index (χ2n) is 2.92. The number of sulfonamides is 1. The molecule has 0 atom stereocenters. The average Bonchev–Trinajstić information content (AvgIpc) is 1.94. The van der Waals surface area contributed by atoms with Crippen molar-refractivity contribution in [2.24, 2.45) is 0 Å². The second-order valence-corrected chi connectivity index (χ2v) is 5.01. The van der Waals surface area contributed by atoms with Crippen molar-refractivity contribution in [1.82, 2.24) is 4.31 Å². The van der Waals surface area contributed by atoms with Crippen molar-refractivity contribution in [3.63, 3.8) is 0 Å². The summed E-state index contributed by atoms with van der Waals surface area (Å²) in [5, 5.41) is 0. The van der Waals surface area contributed by atoms with E-state index < -0.39 is 10.0 Å². The van der Waals surface area contributed by atoms with Gasteiger partial charge in [-0.1, -0.05) is 6.92 Å². The quantitative estimate of drug-likeness (QED) is 0.626. The van der Waals surface area contributed by atoms with E-state index in [4.69, 9.17) is 0 Å². The highest BCUT2D eigenvalue weighted by Crippen LogP contribution is 2.13. The Hall–Kier alpha value is -0.0900. The van der Waals surface area contributed by atoms with E-state index in [9.17, 15) is 8.42 Å². The van der Waals surface area contributed by atoms with Gasteiger partial charge in [0.15, 0.2) is 0 Å². The molecule has 0 bridgehead atoms. The second kappa shape index (κ2) is 3.54. The Labute approximate surface area is 68.4 Å². The van der Waals surface area contributed by atoms with Crippen LogP contribution in [0.5, 0.6) is 0 Å². The van der Waals surface area contributed by atoms with Crippen molar-refractivity contribution in [3.8, 4) is 0 Å². The number of hydrogen-bond acceptors (Lipinski definition) is 2. The van der Waals surface area contributed by atoms with Crippen LogP contribution in [0.25, 0.3) is 0 Å². The number of rotatable bonds is 2. The molecule has 0 amide bonds. The maximum absolute atomic E-state index is 11.3. The molecule has 0 spiro atoms. The van der Waals surface area contributed by atoms with E-state index in [1.165, 1.54) is 0 Å². The third kappa shape index (κ3) is 2.17. The van der Waals surface area contributed by atoms with Gasteiger partial charge >= 0.3 is 0 Å². The van der Waals surface area contributed by atoms with Crippen LogP contribution in [0.4, 0.5) is 0 Å². The van der Waals surface area contributed by atoms with Gasteiger partial charge < -0.3 is 0 Å². The summed E-state index contributed by atoms with van der Waals surface area (Å²) in [5.74, 6) is 0.354. The molecule has 66 valence electrons. The zero-order chi connectivity index (χ0) is 8.32. The molecule has 1 aliphatic heterocycles. The lowest BCUT2D eigenvalue weighted by Crippen LogP contribution is -2.38. The Morgan fingerprint density at radius 1 is 1.36 bits per heavy atom. The molecule has 0 aromatic heterocycles. The van der Waals surface area contributed by atoms with Crippen LogP contribution in [-0.2, 0) is 10.0 Å².